The van der Waals surface area contributed by atoms with Gasteiger partial charge in [0.2, 0.25) is 0 Å². The van der Waals surface area contributed by atoms with Crippen LogP contribution in [0.25, 0.3) is 0 Å². The van der Waals surface area contributed by atoms with Crippen molar-refractivity contribution in [3.63, 3.8) is 0 Å². The van der Waals surface area contributed by atoms with Crippen molar-refractivity contribution in [3.05, 3.63) is 34.3 Å². The minimum atomic E-state index is -0.594. The number of hydrogen-bond donors (Lipinski definition) is 1. The molecule has 0 bridgehead atoms. The molecule has 0 spiro atoms. The van der Waals surface area contributed by atoms with Crippen molar-refractivity contribution in [1.29, 1.82) is 0 Å². The molecule has 0 amide bonds. The summed E-state index contributed by atoms with van der Waals surface area (Å²) in [5.41, 5.74) is 0.751. The van der Waals surface area contributed by atoms with Gasteiger partial charge in [-0.05, 0) is 25.3 Å². The molecule has 1 N–H and O–H groups in total. The van der Waals surface area contributed by atoms with E-state index in [9.17, 15) is 5.11 Å². The molecule has 1 unspecified atom stereocenters. The van der Waals surface area contributed by atoms with E-state index >= 15 is 0 Å². The van der Waals surface area contributed by atoms with E-state index < -0.39 is 6.10 Å². The summed E-state index contributed by atoms with van der Waals surface area (Å²) in [5.74, 6) is 0.646. The molecule has 0 saturated carbocycles. The number of nitrogens with zero attached hydrogens (tertiary/aromatic N) is 2. The fraction of sp³-hybridized carbons (Fsp3) is 0.462. The summed E-state index contributed by atoms with van der Waals surface area (Å²) in [4.78, 5) is 1.15. The highest BCUT2D eigenvalue weighted by Crippen LogP contribution is 2.30. The summed E-state index contributed by atoms with van der Waals surface area (Å²) in [6.45, 7) is 4.07. The average Bonchev–Trinajstić information content (AvgIpc) is 2.95. The molecule has 2 aromatic heterocycles. The number of rotatable bonds is 5. The number of aromatic nitrogens is 2. The zero-order valence-electron chi connectivity index (χ0n) is 10.8. The molecule has 0 aliphatic rings. The lowest BCUT2D eigenvalue weighted by Gasteiger charge is -2.16. The van der Waals surface area contributed by atoms with Crippen LogP contribution in [0.5, 0.6) is 5.75 Å². The van der Waals surface area contributed by atoms with Crippen molar-refractivity contribution >= 4 is 11.3 Å². The molecule has 98 valence electrons. The third kappa shape index (κ3) is 2.57. The van der Waals surface area contributed by atoms with E-state index in [1.165, 1.54) is 0 Å². The van der Waals surface area contributed by atoms with Gasteiger partial charge in [-0.3, -0.25) is 4.68 Å². The van der Waals surface area contributed by atoms with Crippen LogP contribution in [-0.4, -0.2) is 22.0 Å². The molecule has 1 atom stereocenters. The van der Waals surface area contributed by atoms with Gasteiger partial charge in [-0.25, -0.2) is 0 Å². The Hall–Kier alpha value is -1.33. The second-order valence-electron chi connectivity index (χ2n) is 4.44. The second-order valence-corrected chi connectivity index (χ2v) is 5.47. The van der Waals surface area contributed by atoms with Crippen LogP contribution >= 0.6 is 11.3 Å². The maximum Gasteiger partial charge on any atom is 0.162 e. The summed E-state index contributed by atoms with van der Waals surface area (Å²) in [6, 6.07) is 4.21. The lowest BCUT2D eigenvalue weighted by atomic mass is 10.1. The van der Waals surface area contributed by atoms with Crippen molar-refractivity contribution in [3.8, 4) is 5.75 Å². The number of methoxy groups -OCH3 is 1. The first-order chi connectivity index (χ1) is 8.63. The Balaban J connectivity index is 2.27. The van der Waals surface area contributed by atoms with Crippen molar-refractivity contribution in [2.45, 2.75) is 32.4 Å². The predicted molar refractivity (Wildman–Crippen MR) is 72.1 cm³/mol. The molecule has 0 aromatic carbocycles. The number of ether oxygens (including phenoxy) is 1. The van der Waals surface area contributed by atoms with Crippen LogP contribution in [0.1, 0.15) is 36.6 Å². The lowest BCUT2D eigenvalue weighted by molar-refractivity contribution is 0.161. The number of aliphatic hydroxyl groups is 1. The SMILES string of the molecule is COc1cnn(C(C)C)c1C(O)Cc1cccs1. The van der Waals surface area contributed by atoms with E-state index in [0.717, 1.165) is 10.6 Å². The first kappa shape index (κ1) is 13.1. The Morgan fingerprint density at radius 3 is 2.83 bits per heavy atom. The average molecular weight is 266 g/mol. The van der Waals surface area contributed by atoms with Crippen LogP contribution in [0.4, 0.5) is 0 Å². The highest BCUT2D eigenvalue weighted by atomic mass is 32.1. The fourth-order valence-electron chi connectivity index (χ4n) is 1.96. The van der Waals surface area contributed by atoms with Crippen molar-refractivity contribution < 1.29 is 9.84 Å². The lowest BCUT2D eigenvalue weighted by Crippen LogP contribution is -2.13. The van der Waals surface area contributed by atoms with Crippen LogP contribution in [0.15, 0.2) is 23.7 Å². The molecule has 0 fully saturated rings. The first-order valence-corrected chi connectivity index (χ1v) is 6.83. The standard InChI is InChI=1S/C13H18N2O2S/c1-9(2)15-13(12(17-3)8-14-15)11(16)7-10-5-4-6-18-10/h4-6,8-9,11,16H,7H2,1-3H3. The highest BCUT2D eigenvalue weighted by molar-refractivity contribution is 7.09. The maximum atomic E-state index is 10.4. The molecule has 2 heterocycles. The van der Waals surface area contributed by atoms with Gasteiger partial charge in [0.1, 0.15) is 11.8 Å². The maximum absolute atomic E-state index is 10.4. The fourth-order valence-corrected chi connectivity index (χ4v) is 2.70. The predicted octanol–water partition coefficient (Wildman–Crippen LogP) is 2.81. The molecule has 0 saturated heterocycles. The van der Waals surface area contributed by atoms with Crippen molar-refractivity contribution in [2.75, 3.05) is 7.11 Å². The van der Waals surface area contributed by atoms with Crippen LogP contribution in [0, 0.1) is 0 Å². The third-order valence-corrected chi connectivity index (χ3v) is 3.70. The molecule has 18 heavy (non-hydrogen) atoms. The Labute approximate surface area is 111 Å². The van der Waals surface area contributed by atoms with E-state index in [1.807, 2.05) is 36.0 Å². The van der Waals surface area contributed by atoms with Gasteiger partial charge in [0, 0.05) is 17.3 Å². The Morgan fingerprint density at radius 2 is 2.28 bits per heavy atom. The topological polar surface area (TPSA) is 47.3 Å². The molecular formula is C13H18N2O2S. The van der Waals surface area contributed by atoms with E-state index in [2.05, 4.69) is 5.10 Å². The normalized spacial score (nSPS) is 12.9. The summed E-state index contributed by atoms with van der Waals surface area (Å²) in [7, 11) is 1.60. The molecule has 2 aromatic rings. The van der Waals surface area contributed by atoms with E-state index in [-0.39, 0.29) is 6.04 Å². The summed E-state index contributed by atoms with van der Waals surface area (Å²) < 4.78 is 7.09. The van der Waals surface area contributed by atoms with Crippen LogP contribution in [-0.2, 0) is 6.42 Å². The van der Waals surface area contributed by atoms with Crippen LogP contribution in [0.3, 0.4) is 0 Å². The zero-order valence-corrected chi connectivity index (χ0v) is 11.6. The van der Waals surface area contributed by atoms with Gasteiger partial charge in [-0.1, -0.05) is 6.07 Å². The largest absolute Gasteiger partial charge is 0.493 e. The Morgan fingerprint density at radius 1 is 1.50 bits per heavy atom. The summed E-state index contributed by atoms with van der Waals surface area (Å²) in [5, 5.41) is 16.7. The van der Waals surface area contributed by atoms with Gasteiger partial charge in [-0.2, -0.15) is 5.10 Å². The van der Waals surface area contributed by atoms with Crippen LogP contribution in [0.2, 0.25) is 0 Å². The summed E-state index contributed by atoms with van der Waals surface area (Å²) in [6.07, 6.45) is 1.66. The minimum absolute atomic E-state index is 0.196. The molecule has 2 rings (SSSR count). The third-order valence-electron chi connectivity index (χ3n) is 2.80. The van der Waals surface area contributed by atoms with Gasteiger partial charge in [0.15, 0.2) is 5.75 Å². The monoisotopic (exact) mass is 266 g/mol. The molecular weight excluding hydrogens is 248 g/mol. The second kappa shape index (κ2) is 5.54. The zero-order chi connectivity index (χ0) is 13.1. The van der Waals surface area contributed by atoms with Gasteiger partial charge < -0.3 is 9.84 Å². The van der Waals surface area contributed by atoms with E-state index in [0.29, 0.717) is 12.2 Å². The smallest absolute Gasteiger partial charge is 0.162 e. The van der Waals surface area contributed by atoms with Crippen molar-refractivity contribution in [1.82, 2.24) is 9.78 Å². The number of thiophene rings is 1. The summed E-state index contributed by atoms with van der Waals surface area (Å²) >= 11 is 1.65. The number of aliphatic hydroxyl groups excluding tert-OH is 1. The molecule has 0 radical (unpaired) electrons. The van der Waals surface area contributed by atoms with Gasteiger partial charge >= 0.3 is 0 Å². The Bertz CT molecular complexity index is 491. The van der Waals surface area contributed by atoms with E-state index in [1.54, 1.807) is 24.6 Å². The van der Waals surface area contributed by atoms with Gasteiger partial charge in [-0.15, -0.1) is 11.3 Å². The molecule has 0 aliphatic heterocycles. The Kier molecular flexibility index (Phi) is 4.04. The van der Waals surface area contributed by atoms with Crippen LogP contribution < -0.4 is 4.74 Å². The number of hydrogen-bond acceptors (Lipinski definition) is 4. The minimum Gasteiger partial charge on any atom is -0.493 e. The van der Waals surface area contributed by atoms with E-state index in [4.69, 9.17) is 4.74 Å². The highest BCUT2D eigenvalue weighted by Gasteiger charge is 2.21. The van der Waals surface area contributed by atoms with Crippen molar-refractivity contribution in [2.24, 2.45) is 0 Å². The molecule has 5 heteroatoms. The molecule has 0 aliphatic carbocycles. The first-order valence-electron chi connectivity index (χ1n) is 5.95. The van der Waals surface area contributed by atoms with Gasteiger partial charge in [0.05, 0.1) is 13.3 Å². The van der Waals surface area contributed by atoms with Gasteiger partial charge in [0.25, 0.3) is 0 Å². The molecule has 4 nitrogen and oxygen atoms in total. The quantitative estimate of drug-likeness (QED) is 0.905.